The van der Waals surface area contributed by atoms with Gasteiger partial charge in [0.15, 0.2) is 0 Å². The summed E-state index contributed by atoms with van der Waals surface area (Å²) in [7, 11) is 0. The molecule has 0 aliphatic carbocycles. The minimum Gasteiger partial charge on any atom is -0.369 e. The zero-order valence-electron chi connectivity index (χ0n) is 11.3. The van der Waals surface area contributed by atoms with Gasteiger partial charge in [-0.1, -0.05) is 0 Å². The van der Waals surface area contributed by atoms with E-state index in [2.05, 4.69) is 25.9 Å². The first-order valence-electron chi connectivity index (χ1n) is 6.71. The second-order valence-electron chi connectivity index (χ2n) is 4.88. The Morgan fingerprint density at radius 3 is 2.81 bits per heavy atom. The van der Waals surface area contributed by atoms with Gasteiger partial charge in [0.2, 0.25) is 5.95 Å². The molecule has 0 spiro atoms. The Hall–Kier alpha value is -1.89. The molecule has 2 aromatic heterocycles. The van der Waals surface area contributed by atoms with Crippen molar-refractivity contribution >= 4 is 32.9 Å². The maximum Gasteiger partial charge on any atom is 0.201 e. The fourth-order valence-electron chi connectivity index (χ4n) is 2.36. The van der Waals surface area contributed by atoms with Gasteiger partial charge in [-0.15, -0.1) is 0 Å². The molecular formula is C14H15BrFN5. The van der Waals surface area contributed by atoms with E-state index in [0.29, 0.717) is 15.9 Å². The van der Waals surface area contributed by atoms with Crippen LogP contribution in [0.2, 0.25) is 0 Å². The lowest BCUT2D eigenvalue weighted by Gasteiger charge is -2.07. The standard InChI is InChI=1S/C14H15BrFN5/c15-10-7-13-12(8-11(10)16)19-14(17)21(13)5-2-1-4-20-6-3-18-9-20/h3,6-9H,1-2,4-5H2,(H2,17,19). The predicted molar refractivity (Wildman–Crippen MR) is 83.3 cm³/mol. The highest BCUT2D eigenvalue weighted by atomic mass is 79.9. The van der Waals surface area contributed by atoms with Crippen molar-refractivity contribution in [1.82, 2.24) is 19.1 Å². The van der Waals surface area contributed by atoms with Gasteiger partial charge in [0, 0.05) is 31.5 Å². The Morgan fingerprint density at radius 2 is 2.05 bits per heavy atom. The highest BCUT2D eigenvalue weighted by Gasteiger charge is 2.11. The van der Waals surface area contributed by atoms with Gasteiger partial charge in [-0.05, 0) is 34.8 Å². The first-order chi connectivity index (χ1) is 10.1. The summed E-state index contributed by atoms with van der Waals surface area (Å²) in [6.45, 7) is 1.68. The number of hydrogen-bond acceptors (Lipinski definition) is 3. The van der Waals surface area contributed by atoms with Crippen molar-refractivity contribution in [1.29, 1.82) is 0 Å². The van der Waals surface area contributed by atoms with Gasteiger partial charge in [-0.2, -0.15) is 0 Å². The van der Waals surface area contributed by atoms with E-state index in [4.69, 9.17) is 5.73 Å². The number of anilines is 1. The Labute approximate surface area is 129 Å². The van der Waals surface area contributed by atoms with Crippen LogP contribution in [0.5, 0.6) is 0 Å². The summed E-state index contributed by atoms with van der Waals surface area (Å²) in [6.07, 6.45) is 7.50. The van der Waals surface area contributed by atoms with Crippen molar-refractivity contribution in [2.45, 2.75) is 25.9 Å². The zero-order chi connectivity index (χ0) is 14.8. The van der Waals surface area contributed by atoms with Gasteiger partial charge in [0.1, 0.15) is 5.82 Å². The zero-order valence-corrected chi connectivity index (χ0v) is 12.9. The fourth-order valence-corrected chi connectivity index (χ4v) is 2.69. The van der Waals surface area contributed by atoms with Crippen LogP contribution in [0.1, 0.15) is 12.8 Å². The number of nitrogens with zero attached hydrogens (tertiary/aromatic N) is 4. The topological polar surface area (TPSA) is 61.7 Å². The summed E-state index contributed by atoms with van der Waals surface area (Å²) in [6, 6.07) is 3.13. The van der Waals surface area contributed by atoms with E-state index < -0.39 is 0 Å². The third-order valence-electron chi connectivity index (χ3n) is 3.43. The van der Waals surface area contributed by atoms with Gasteiger partial charge < -0.3 is 14.9 Å². The molecule has 0 aliphatic rings. The molecule has 5 nitrogen and oxygen atoms in total. The van der Waals surface area contributed by atoms with E-state index in [9.17, 15) is 4.39 Å². The minimum absolute atomic E-state index is 0.327. The summed E-state index contributed by atoms with van der Waals surface area (Å²) in [5.74, 6) is 0.0948. The maximum atomic E-state index is 13.5. The van der Waals surface area contributed by atoms with E-state index >= 15 is 0 Å². The molecule has 0 radical (unpaired) electrons. The lowest BCUT2D eigenvalue weighted by atomic mass is 10.2. The minimum atomic E-state index is -0.327. The predicted octanol–water partition coefficient (Wildman–Crippen LogP) is 3.20. The summed E-state index contributed by atoms with van der Waals surface area (Å²) < 4.78 is 17.9. The number of hydrogen-bond donors (Lipinski definition) is 1. The van der Waals surface area contributed by atoms with Crippen LogP contribution in [0.25, 0.3) is 11.0 Å². The molecule has 0 saturated carbocycles. The summed E-state index contributed by atoms with van der Waals surface area (Å²) >= 11 is 3.20. The highest BCUT2D eigenvalue weighted by Crippen LogP contribution is 2.25. The lowest BCUT2D eigenvalue weighted by molar-refractivity contribution is 0.562. The molecule has 0 aliphatic heterocycles. The van der Waals surface area contributed by atoms with Crippen molar-refractivity contribution in [3.8, 4) is 0 Å². The number of nitrogen functional groups attached to an aromatic ring is 1. The smallest absolute Gasteiger partial charge is 0.201 e. The van der Waals surface area contributed by atoms with Crippen LogP contribution in [-0.2, 0) is 13.1 Å². The molecule has 110 valence electrons. The first-order valence-corrected chi connectivity index (χ1v) is 7.51. The Kier molecular flexibility index (Phi) is 3.92. The summed E-state index contributed by atoms with van der Waals surface area (Å²) in [4.78, 5) is 8.22. The molecule has 1 aromatic carbocycles. The molecule has 0 bridgehead atoms. The van der Waals surface area contributed by atoms with Gasteiger partial charge >= 0.3 is 0 Å². The van der Waals surface area contributed by atoms with Crippen LogP contribution < -0.4 is 5.73 Å². The SMILES string of the molecule is Nc1nc2cc(F)c(Br)cc2n1CCCCn1ccnc1. The molecule has 3 aromatic rings. The maximum absolute atomic E-state index is 13.5. The highest BCUT2D eigenvalue weighted by molar-refractivity contribution is 9.10. The molecule has 0 saturated heterocycles. The fraction of sp³-hybridized carbons (Fsp3) is 0.286. The number of imidazole rings is 2. The van der Waals surface area contributed by atoms with Crippen molar-refractivity contribution < 1.29 is 4.39 Å². The molecule has 0 fully saturated rings. The van der Waals surface area contributed by atoms with Crippen LogP contribution in [0.3, 0.4) is 0 Å². The van der Waals surface area contributed by atoms with E-state index in [1.807, 2.05) is 15.3 Å². The molecule has 0 amide bonds. The van der Waals surface area contributed by atoms with Crippen molar-refractivity contribution in [2.24, 2.45) is 0 Å². The van der Waals surface area contributed by atoms with Crippen LogP contribution in [0, 0.1) is 5.82 Å². The second kappa shape index (κ2) is 5.85. The number of benzene rings is 1. The van der Waals surface area contributed by atoms with Crippen LogP contribution in [-0.4, -0.2) is 19.1 Å². The Bertz CT molecular complexity index is 750. The third-order valence-corrected chi connectivity index (χ3v) is 4.03. The third kappa shape index (κ3) is 2.92. The molecular weight excluding hydrogens is 337 g/mol. The average molecular weight is 352 g/mol. The normalized spacial score (nSPS) is 11.3. The monoisotopic (exact) mass is 351 g/mol. The Morgan fingerprint density at radius 1 is 1.24 bits per heavy atom. The molecule has 0 unspecified atom stereocenters. The van der Waals surface area contributed by atoms with Crippen molar-refractivity contribution in [2.75, 3.05) is 5.73 Å². The van der Waals surface area contributed by atoms with Gasteiger partial charge in [0.25, 0.3) is 0 Å². The van der Waals surface area contributed by atoms with E-state index in [1.165, 1.54) is 6.07 Å². The largest absolute Gasteiger partial charge is 0.369 e. The van der Waals surface area contributed by atoms with Crippen LogP contribution in [0.15, 0.2) is 35.3 Å². The molecule has 2 N–H and O–H groups in total. The molecule has 7 heteroatoms. The number of unbranched alkanes of at least 4 members (excludes halogenated alkanes) is 1. The van der Waals surface area contributed by atoms with E-state index in [0.717, 1.165) is 31.4 Å². The van der Waals surface area contributed by atoms with E-state index in [1.54, 1.807) is 18.6 Å². The molecule has 21 heavy (non-hydrogen) atoms. The molecule has 2 heterocycles. The number of rotatable bonds is 5. The summed E-state index contributed by atoms with van der Waals surface area (Å²) in [5.41, 5.74) is 7.37. The second-order valence-corrected chi connectivity index (χ2v) is 5.74. The van der Waals surface area contributed by atoms with Gasteiger partial charge in [-0.3, -0.25) is 0 Å². The average Bonchev–Trinajstić information content (AvgIpc) is 3.05. The van der Waals surface area contributed by atoms with Gasteiger partial charge in [0.05, 0.1) is 21.8 Å². The number of halogens is 2. The molecule has 3 rings (SSSR count). The van der Waals surface area contributed by atoms with E-state index in [-0.39, 0.29) is 5.82 Å². The van der Waals surface area contributed by atoms with Crippen molar-refractivity contribution in [3.05, 3.63) is 41.1 Å². The van der Waals surface area contributed by atoms with Crippen LogP contribution in [0.4, 0.5) is 10.3 Å². The van der Waals surface area contributed by atoms with Crippen LogP contribution >= 0.6 is 15.9 Å². The van der Waals surface area contributed by atoms with Gasteiger partial charge in [-0.25, -0.2) is 14.4 Å². The number of aryl methyl sites for hydroxylation is 2. The number of fused-ring (bicyclic) bond motifs is 1. The summed E-state index contributed by atoms with van der Waals surface area (Å²) in [5, 5.41) is 0. The first kappa shape index (κ1) is 14.1. The number of nitrogens with two attached hydrogens (primary N) is 1. The molecule has 0 atom stereocenters. The Balaban J connectivity index is 1.71. The lowest BCUT2D eigenvalue weighted by Crippen LogP contribution is -2.05. The number of aromatic nitrogens is 4. The van der Waals surface area contributed by atoms with Crippen molar-refractivity contribution in [3.63, 3.8) is 0 Å². The quantitative estimate of drug-likeness (QED) is 0.718.